The minimum atomic E-state index is 0. The van der Waals surface area contributed by atoms with E-state index in [2.05, 4.69) is 37.3 Å². The highest BCUT2D eigenvalue weighted by atomic mass is 127. The van der Waals surface area contributed by atoms with E-state index in [1.165, 1.54) is 64.2 Å². The fraction of sp³-hybridized carbons (Fsp3) is 0.842. The summed E-state index contributed by atoms with van der Waals surface area (Å²) < 4.78 is 2.28. The van der Waals surface area contributed by atoms with E-state index < -0.39 is 0 Å². The van der Waals surface area contributed by atoms with Gasteiger partial charge in [0.1, 0.15) is 5.82 Å². The molecule has 2 heterocycles. The summed E-state index contributed by atoms with van der Waals surface area (Å²) in [5.41, 5.74) is 0. The number of halogens is 1. The molecule has 0 fully saturated rings. The van der Waals surface area contributed by atoms with Gasteiger partial charge >= 0.3 is 0 Å². The SMILES string of the molecule is CCCCCCCCCNC(=NC)NCc1nnc2n1CCCCC2.I. The van der Waals surface area contributed by atoms with Crippen LogP contribution in [0.15, 0.2) is 4.99 Å². The maximum atomic E-state index is 4.36. The summed E-state index contributed by atoms with van der Waals surface area (Å²) in [5.74, 6) is 3.02. The average Bonchev–Trinajstić information content (AvgIpc) is 2.86. The van der Waals surface area contributed by atoms with Gasteiger partial charge < -0.3 is 15.2 Å². The van der Waals surface area contributed by atoms with E-state index in [1.54, 1.807) is 0 Å². The van der Waals surface area contributed by atoms with Crippen LogP contribution in [0.5, 0.6) is 0 Å². The first kappa shape index (κ1) is 23.2. The third-order valence-electron chi connectivity index (χ3n) is 4.90. The Bertz CT molecular complexity index is 514. The lowest BCUT2D eigenvalue weighted by atomic mass is 10.1. The van der Waals surface area contributed by atoms with Crippen LogP contribution in [0.2, 0.25) is 0 Å². The molecule has 0 aliphatic carbocycles. The molecule has 1 aromatic rings. The Morgan fingerprint density at radius 2 is 1.77 bits per heavy atom. The van der Waals surface area contributed by atoms with Crippen LogP contribution in [0, 0.1) is 0 Å². The molecular weight excluding hydrogens is 439 g/mol. The lowest BCUT2D eigenvalue weighted by molar-refractivity contribution is 0.580. The van der Waals surface area contributed by atoms with Crippen molar-refractivity contribution in [2.24, 2.45) is 4.99 Å². The first-order valence-electron chi connectivity index (χ1n) is 10.2. The molecule has 0 amide bonds. The number of hydrogen-bond donors (Lipinski definition) is 2. The second-order valence-corrected chi connectivity index (χ2v) is 6.97. The number of nitrogens with zero attached hydrogens (tertiary/aromatic N) is 4. The molecule has 6 nitrogen and oxygen atoms in total. The number of hydrogen-bond acceptors (Lipinski definition) is 3. The van der Waals surface area contributed by atoms with Gasteiger partial charge in [0.2, 0.25) is 0 Å². The van der Waals surface area contributed by atoms with Crippen molar-refractivity contribution in [2.75, 3.05) is 13.6 Å². The zero-order valence-electron chi connectivity index (χ0n) is 16.6. The Labute approximate surface area is 176 Å². The fourth-order valence-electron chi connectivity index (χ4n) is 3.35. The van der Waals surface area contributed by atoms with Crippen molar-refractivity contribution in [3.8, 4) is 0 Å². The van der Waals surface area contributed by atoms with Crippen molar-refractivity contribution >= 4 is 29.9 Å². The van der Waals surface area contributed by atoms with E-state index in [0.717, 1.165) is 37.1 Å². The van der Waals surface area contributed by atoms with Crippen LogP contribution in [0.1, 0.15) is 82.8 Å². The molecule has 0 radical (unpaired) electrons. The second-order valence-electron chi connectivity index (χ2n) is 6.97. The Morgan fingerprint density at radius 1 is 1.00 bits per heavy atom. The van der Waals surface area contributed by atoms with Gasteiger partial charge in [-0.2, -0.15) is 0 Å². The average molecular weight is 476 g/mol. The number of guanidine groups is 1. The number of nitrogens with one attached hydrogen (secondary N) is 2. The first-order valence-corrected chi connectivity index (χ1v) is 10.2. The fourth-order valence-corrected chi connectivity index (χ4v) is 3.35. The molecule has 0 unspecified atom stereocenters. The lowest BCUT2D eigenvalue weighted by Crippen LogP contribution is -2.37. The van der Waals surface area contributed by atoms with Crippen molar-refractivity contribution in [1.29, 1.82) is 0 Å². The van der Waals surface area contributed by atoms with Crippen molar-refractivity contribution in [1.82, 2.24) is 25.4 Å². The predicted octanol–water partition coefficient (Wildman–Crippen LogP) is 4.04. The van der Waals surface area contributed by atoms with Crippen molar-refractivity contribution in [3.05, 3.63) is 11.6 Å². The van der Waals surface area contributed by atoms with E-state index in [1.807, 2.05) is 7.05 Å². The summed E-state index contributed by atoms with van der Waals surface area (Å²) in [5, 5.41) is 15.5. The summed E-state index contributed by atoms with van der Waals surface area (Å²) in [6, 6.07) is 0. The molecule has 0 spiro atoms. The molecule has 2 N–H and O–H groups in total. The third kappa shape index (κ3) is 8.22. The zero-order chi connectivity index (χ0) is 17.7. The molecule has 2 rings (SSSR count). The Balaban J connectivity index is 0.00000338. The number of unbranched alkanes of at least 4 members (excludes halogenated alkanes) is 6. The van der Waals surface area contributed by atoms with Gasteiger partial charge in [-0.3, -0.25) is 4.99 Å². The molecule has 1 aliphatic heterocycles. The molecule has 150 valence electrons. The summed E-state index contributed by atoms with van der Waals surface area (Å²) in [4.78, 5) is 4.31. The normalized spacial score (nSPS) is 14.3. The lowest BCUT2D eigenvalue weighted by Gasteiger charge is -2.12. The predicted molar refractivity (Wildman–Crippen MR) is 119 cm³/mol. The van der Waals surface area contributed by atoms with Crippen molar-refractivity contribution in [3.63, 3.8) is 0 Å². The molecule has 1 aromatic heterocycles. The standard InChI is InChI=1S/C19H36N6.HI/c1-3-4-5-6-7-8-11-14-21-19(20-2)22-16-18-24-23-17-13-10-9-12-15-25(17)18;/h3-16H2,1-2H3,(H2,20,21,22);1H. The molecule has 0 aromatic carbocycles. The topological polar surface area (TPSA) is 67.1 Å². The van der Waals surface area contributed by atoms with Gasteiger partial charge in [0.25, 0.3) is 0 Å². The van der Waals surface area contributed by atoms with Crippen LogP contribution >= 0.6 is 24.0 Å². The van der Waals surface area contributed by atoms with Crippen molar-refractivity contribution < 1.29 is 0 Å². The van der Waals surface area contributed by atoms with E-state index >= 15 is 0 Å². The first-order chi connectivity index (χ1) is 12.3. The van der Waals surface area contributed by atoms with Crippen LogP contribution in [-0.2, 0) is 19.5 Å². The minimum absolute atomic E-state index is 0. The second kappa shape index (κ2) is 14.2. The van der Waals surface area contributed by atoms with Crippen LogP contribution < -0.4 is 10.6 Å². The monoisotopic (exact) mass is 476 g/mol. The summed E-state index contributed by atoms with van der Waals surface area (Å²) in [6.45, 7) is 4.97. The van der Waals surface area contributed by atoms with E-state index in [0.29, 0.717) is 6.54 Å². The van der Waals surface area contributed by atoms with E-state index in [9.17, 15) is 0 Å². The largest absolute Gasteiger partial charge is 0.356 e. The molecule has 26 heavy (non-hydrogen) atoms. The quantitative estimate of drug-likeness (QED) is 0.232. The highest BCUT2D eigenvalue weighted by Gasteiger charge is 2.14. The van der Waals surface area contributed by atoms with Gasteiger partial charge in [-0.1, -0.05) is 51.9 Å². The van der Waals surface area contributed by atoms with Gasteiger partial charge in [-0.25, -0.2) is 0 Å². The summed E-state index contributed by atoms with van der Waals surface area (Å²) in [6.07, 6.45) is 14.1. The Hall–Kier alpha value is -0.860. The van der Waals surface area contributed by atoms with Gasteiger partial charge in [-0.15, -0.1) is 34.2 Å². The zero-order valence-corrected chi connectivity index (χ0v) is 18.9. The Morgan fingerprint density at radius 3 is 2.54 bits per heavy atom. The summed E-state index contributed by atoms with van der Waals surface area (Å²) >= 11 is 0. The molecule has 0 bridgehead atoms. The Kier molecular flexibility index (Phi) is 12.7. The van der Waals surface area contributed by atoms with E-state index in [4.69, 9.17) is 0 Å². The molecule has 0 saturated carbocycles. The molecule has 7 heteroatoms. The van der Waals surface area contributed by atoms with Crippen LogP contribution in [0.25, 0.3) is 0 Å². The van der Waals surface area contributed by atoms with Crippen LogP contribution in [0.3, 0.4) is 0 Å². The van der Waals surface area contributed by atoms with Crippen LogP contribution in [0.4, 0.5) is 0 Å². The number of rotatable bonds is 10. The number of aryl methyl sites for hydroxylation is 1. The third-order valence-corrected chi connectivity index (χ3v) is 4.90. The highest BCUT2D eigenvalue weighted by molar-refractivity contribution is 14.0. The van der Waals surface area contributed by atoms with E-state index in [-0.39, 0.29) is 24.0 Å². The highest BCUT2D eigenvalue weighted by Crippen LogP contribution is 2.14. The minimum Gasteiger partial charge on any atom is -0.356 e. The number of fused-ring (bicyclic) bond motifs is 1. The maximum absolute atomic E-state index is 4.36. The molecule has 0 saturated heterocycles. The molecule has 0 atom stereocenters. The van der Waals surface area contributed by atoms with Gasteiger partial charge in [0, 0.05) is 26.6 Å². The van der Waals surface area contributed by atoms with Gasteiger partial charge in [0.15, 0.2) is 11.8 Å². The van der Waals surface area contributed by atoms with Crippen molar-refractivity contribution in [2.45, 2.75) is 90.6 Å². The number of aliphatic imine (C=N–C) groups is 1. The smallest absolute Gasteiger partial charge is 0.191 e. The van der Waals surface area contributed by atoms with Gasteiger partial charge in [0.05, 0.1) is 6.54 Å². The summed E-state index contributed by atoms with van der Waals surface area (Å²) in [7, 11) is 1.82. The van der Waals surface area contributed by atoms with Crippen LogP contribution in [-0.4, -0.2) is 34.3 Å². The molecule has 1 aliphatic rings. The maximum Gasteiger partial charge on any atom is 0.191 e. The molecular formula is C19H37IN6. The van der Waals surface area contributed by atoms with Gasteiger partial charge in [-0.05, 0) is 19.3 Å². The number of aromatic nitrogens is 3.